The number of hydrogen-bond acceptors (Lipinski definition) is 4. The van der Waals surface area contributed by atoms with Crippen LogP contribution in [0.2, 0.25) is 0 Å². The minimum Gasteiger partial charge on any atom is -0.380 e. The molecule has 98 valence electrons. The molecule has 0 aliphatic heterocycles. The van der Waals surface area contributed by atoms with Gasteiger partial charge in [0.25, 0.3) is 0 Å². The van der Waals surface area contributed by atoms with Crippen LogP contribution in [-0.2, 0) is 4.74 Å². The highest BCUT2D eigenvalue weighted by Gasteiger charge is 2.33. The van der Waals surface area contributed by atoms with Crippen LogP contribution in [0.3, 0.4) is 0 Å². The molecule has 0 aromatic heterocycles. The van der Waals surface area contributed by atoms with E-state index in [1.165, 1.54) is 0 Å². The van der Waals surface area contributed by atoms with E-state index < -0.39 is 0 Å². The van der Waals surface area contributed by atoms with Gasteiger partial charge in [0.15, 0.2) is 0 Å². The fourth-order valence-electron chi connectivity index (χ4n) is 2.06. The lowest BCUT2D eigenvalue weighted by Crippen LogP contribution is -2.61. The molecular formula is C12H29N3O. The van der Waals surface area contributed by atoms with Gasteiger partial charge in [0.05, 0.1) is 12.6 Å². The van der Waals surface area contributed by atoms with Crippen molar-refractivity contribution in [3.05, 3.63) is 0 Å². The van der Waals surface area contributed by atoms with Gasteiger partial charge in [-0.3, -0.25) is 16.2 Å². The van der Waals surface area contributed by atoms with Crippen molar-refractivity contribution in [2.75, 3.05) is 26.3 Å². The van der Waals surface area contributed by atoms with Crippen LogP contribution in [0, 0.1) is 0 Å². The zero-order chi connectivity index (χ0) is 12.6. The van der Waals surface area contributed by atoms with Gasteiger partial charge >= 0.3 is 0 Å². The summed E-state index contributed by atoms with van der Waals surface area (Å²) in [5.41, 5.74) is 2.89. The third kappa shape index (κ3) is 4.37. The Hall–Kier alpha value is -0.160. The molecule has 0 aliphatic carbocycles. The molecule has 3 N–H and O–H groups in total. The molecule has 0 radical (unpaired) electrons. The fourth-order valence-corrected chi connectivity index (χ4v) is 2.06. The van der Waals surface area contributed by atoms with Crippen LogP contribution in [-0.4, -0.2) is 42.8 Å². The minimum atomic E-state index is 0.00594. The molecule has 0 amide bonds. The number of ether oxygens (including phenoxy) is 1. The summed E-state index contributed by atoms with van der Waals surface area (Å²) in [6.07, 6.45) is 1.04. The van der Waals surface area contributed by atoms with E-state index in [1.807, 2.05) is 0 Å². The Labute approximate surface area is 100 Å². The summed E-state index contributed by atoms with van der Waals surface area (Å²) >= 11 is 0. The predicted octanol–water partition coefficient (Wildman–Crippen LogP) is 1.37. The summed E-state index contributed by atoms with van der Waals surface area (Å²) in [7, 11) is 0. The smallest absolute Gasteiger partial charge is 0.0650 e. The number of nitrogens with one attached hydrogen (secondary N) is 1. The zero-order valence-electron chi connectivity index (χ0n) is 11.5. The largest absolute Gasteiger partial charge is 0.380 e. The fraction of sp³-hybridized carbons (Fsp3) is 1.00. The van der Waals surface area contributed by atoms with Crippen molar-refractivity contribution in [1.82, 2.24) is 10.3 Å². The zero-order valence-corrected chi connectivity index (χ0v) is 11.5. The van der Waals surface area contributed by atoms with Crippen molar-refractivity contribution in [3.8, 4) is 0 Å². The van der Waals surface area contributed by atoms with Gasteiger partial charge in [0.2, 0.25) is 0 Å². The van der Waals surface area contributed by atoms with Crippen LogP contribution in [0.5, 0.6) is 0 Å². The van der Waals surface area contributed by atoms with E-state index >= 15 is 0 Å². The van der Waals surface area contributed by atoms with Crippen molar-refractivity contribution >= 4 is 0 Å². The first kappa shape index (κ1) is 15.8. The van der Waals surface area contributed by atoms with E-state index in [4.69, 9.17) is 10.6 Å². The van der Waals surface area contributed by atoms with Crippen LogP contribution in [0.1, 0.15) is 41.0 Å². The van der Waals surface area contributed by atoms with E-state index in [0.717, 1.165) is 26.1 Å². The SMILES string of the molecule is CCCOCC(NN)C(C)(C)N(CC)CC. The first-order valence-corrected chi connectivity index (χ1v) is 6.33. The van der Waals surface area contributed by atoms with E-state index in [0.29, 0.717) is 6.61 Å². The minimum absolute atomic E-state index is 0.00594. The third-order valence-electron chi connectivity index (χ3n) is 3.27. The lowest BCUT2D eigenvalue weighted by molar-refractivity contribution is 0.0300. The molecule has 0 saturated carbocycles. The van der Waals surface area contributed by atoms with Gasteiger partial charge in [0.1, 0.15) is 0 Å². The highest BCUT2D eigenvalue weighted by molar-refractivity contribution is 4.91. The number of rotatable bonds is 9. The highest BCUT2D eigenvalue weighted by Crippen LogP contribution is 2.18. The quantitative estimate of drug-likeness (QED) is 0.357. The average molecular weight is 231 g/mol. The number of hydrazine groups is 1. The number of nitrogens with two attached hydrogens (primary N) is 1. The maximum Gasteiger partial charge on any atom is 0.0650 e. The maximum atomic E-state index is 5.63. The van der Waals surface area contributed by atoms with E-state index in [9.17, 15) is 0 Å². The van der Waals surface area contributed by atoms with Gasteiger partial charge in [-0.05, 0) is 33.4 Å². The molecule has 16 heavy (non-hydrogen) atoms. The lowest BCUT2D eigenvalue weighted by atomic mass is 9.93. The van der Waals surface area contributed by atoms with Gasteiger partial charge in [-0.15, -0.1) is 0 Å². The molecule has 1 atom stereocenters. The molecule has 0 spiro atoms. The standard InChI is InChI=1S/C12H29N3O/c1-6-9-16-10-11(14-13)12(4,5)15(7-2)8-3/h11,14H,6-10,13H2,1-5H3. The maximum absolute atomic E-state index is 5.63. The van der Waals surface area contributed by atoms with Gasteiger partial charge in [-0.2, -0.15) is 0 Å². The molecule has 4 heteroatoms. The number of likely N-dealkylation sites (N-methyl/N-ethyl adjacent to an activating group) is 1. The van der Waals surface area contributed by atoms with Crippen molar-refractivity contribution < 1.29 is 4.74 Å². The first-order valence-electron chi connectivity index (χ1n) is 6.33. The topological polar surface area (TPSA) is 50.5 Å². The number of nitrogens with zero attached hydrogens (tertiary/aromatic N) is 1. The molecule has 0 aromatic rings. The predicted molar refractivity (Wildman–Crippen MR) is 69.2 cm³/mol. The second-order valence-corrected chi connectivity index (χ2v) is 4.62. The molecule has 4 nitrogen and oxygen atoms in total. The first-order chi connectivity index (χ1) is 7.54. The Kier molecular flexibility index (Phi) is 7.93. The molecular weight excluding hydrogens is 202 g/mol. The van der Waals surface area contributed by atoms with Crippen molar-refractivity contribution in [2.45, 2.75) is 52.6 Å². The van der Waals surface area contributed by atoms with Crippen LogP contribution in [0.4, 0.5) is 0 Å². The van der Waals surface area contributed by atoms with Crippen molar-refractivity contribution in [2.24, 2.45) is 5.84 Å². The third-order valence-corrected chi connectivity index (χ3v) is 3.27. The monoisotopic (exact) mass is 231 g/mol. The van der Waals surface area contributed by atoms with Crippen LogP contribution >= 0.6 is 0 Å². The molecule has 0 rings (SSSR count). The molecule has 0 aliphatic rings. The van der Waals surface area contributed by atoms with Crippen molar-refractivity contribution in [1.29, 1.82) is 0 Å². The van der Waals surface area contributed by atoms with Gasteiger partial charge in [-0.25, -0.2) is 0 Å². The van der Waals surface area contributed by atoms with Gasteiger partial charge < -0.3 is 4.74 Å². The summed E-state index contributed by atoms with van der Waals surface area (Å²) in [6, 6.07) is 0.152. The molecule has 0 bridgehead atoms. The Morgan fingerprint density at radius 1 is 1.25 bits per heavy atom. The summed E-state index contributed by atoms with van der Waals surface area (Å²) in [5.74, 6) is 5.63. The molecule has 0 saturated heterocycles. The van der Waals surface area contributed by atoms with Crippen molar-refractivity contribution in [3.63, 3.8) is 0 Å². The average Bonchev–Trinajstić information content (AvgIpc) is 2.25. The molecule has 0 fully saturated rings. The highest BCUT2D eigenvalue weighted by atomic mass is 16.5. The van der Waals surface area contributed by atoms with E-state index in [1.54, 1.807) is 0 Å². The second kappa shape index (κ2) is 8.01. The van der Waals surface area contributed by atoms with Gasteiger partial charge in [-0.1, -0.05) is 20.8 Å². The Morgan fingerprint density at radius 3 is 2.19 bits per heavy atom. The van der Waals surface area contributed by atoms with Crippen LogP contribution in [0.25, 0.3) is 0 Å². The summed E-state index contributed by atoms with van der Waals surface area (Å²) in [6.45, 7) is 14.4. The lowest BCUT2D eigenvalue weighted by Gasteiger charge is -2.42. The normalized spacial score (nSPS) is 14.4. The van der Waals surface area contributed by atoms with Crippen LogP contribution in [0.15, 0.2) is 0 Å². The summed E-state index contributed by atoms with van der Waals surface area (Å²) < 4.78 is 5.59. The Balaban J connectivity index is 4.39. The second-order valence-electron chi connectivity index (χ2n) is 4.62. The molecule has 1 unspecified atom stereocenters. The molecule has 0 heterocycles. The number of hydrogen-bond donors (Lipinski definition) is 2. The Morgan fingerprint density at radius 2 is 1.81 bits per heavy atom. The van der Waals surface area contributed by atoms with Gasteiger partial charge in [0, 0.05) is 12.1 Å². The van der Waals surface area contributed by atoms with Crippen LogP contribution < -0.4 is 11.3 Å². The summed E-state index contributed by atoms with van der Waals surface area (Å²) in [5, 5.41) is 0. The van der Waals surface area contributed by atoms with E-state index in [2.05, 4.69) is 44.9 Å². The summed E-state index contributed by atoms with van der Waals surface area (Å²) in [4.78, 5) is 2.40. The van der Waals surface area contributed by atoms with E-state index in [-0.39, 0.29) is 11.6 Å². The Bertz CT molecular complexity index is 170. The molecule has 0 aromatic carbocycles.